The van der Waals surface area contributed by atoms with E-state index >= 15 is 0 Å². The summed E-state index contributed by atoms with van der Waals surface area (Å²) in [6.45, 7) is 0. The highest BCUT2D eigenvalue weighted by Gasteiger charge is 2.14. The Morgan fingerprint density at radius 3 is 2.53 bits per heavy atom. The van der Waals surface area contributed by atoms with Crippen LogP contribution in [0, 0.1) is 0 Å². The maximum Gasteiger partial charge on any atom is 0.313 e. The second-order valence-corrected chi connectivity index (χ2v) is 3.70. The molecule has 3 nitrogen and oxygen atoms in total. The number of benzene rings is 2. The van der Waals surface area contributed by atoms with Gasteiger partial charge < -0.3 is 4.74 Å². The number of Topliss-reactive ketones (excluding diaryl/α,β-unsaturated/α-hetero) is 1. The quantitative estimate of drug-likeness (QED) is 0.460. The summed E-state index contributed by atoms with van der Waals surface area (Å²) in [7, 11) is 1.28. The zero-order chi connectivity index (χ0) is 12.3. The molecule has 2 aromatic carbocycles. The molecule has 0 heterocycles. The van der Waals surface area contributed by atoms with Crippen LogP contribution in [0.1, 0.15) is 16.8 Å². The Hall–Kier alpha value is -2.16. The van der Waals surface area contributed by atoms with Gasteiger partial charge in [0.15, 0.2) is 5.78 Å². The Bertz CT molecular complexity index is 567. The maximum absolute atomic E-state index is 11.9. The van der Waals surface area contributed by atoms with E-state index in [0.717, 1.165) is 10.8 Å². The summed E-state index contributed by atoms with van der Waals surface area (Å²) in [5.41, 5.74) is 0.563. The number of hydrogen-bond donors (Lipinski definition) is 0. The lowest BCUT2D eigenvalue weighted by Crippen LogP contribution is -2.09. The van der Waals surface area contributed by atoms with E-state index in [4.69, 9.17) is 0 Å². The molecule has 17 heavy (non-hydrogen) atoms. The third-order valence-electron chi connectivity index (χ3n) is 2.62. The van der Waals surface area contributed by atoms with Crippen molar-refractivity contribution in [1.82, 2.24) is 0 Å². The number of ketones is 1. The van der Waals surface area contributed by atoms with Crippen LogP contribution >= 0.6 is 0 Å². The van der Waals surface area contributed by atoms with Gasteiger partial charge in [-0.1, -0.05) is 42.5 Å². The second-order valence-electron chi connectivity index (χ2n) is 3.70. The minimum absolute atomic E-state index is 0.214. The van der Waals surface area contributed by atoms with E-state index in [2.05, 4.69) is 4.74 Å². The Labute approximate surface area is 99.0 Å². The first-order valence-corrected chi connectivity index (χ1v) is 5.30. The molecule has 0 radical (unpaired) electrons. The highest BCUT2D eigenvalue weighted by molar-refractivity contribution is 6.13. The van der Waals surface area contributed by atoms with Crippen molar-refractivity contribution in [3.05, 3.63) is 48.0 Å². The monoisotopic (exact) mass is 228 g/mol. The van der Waals surface area contributed by atoms with Gasteiger partial charge >= 0.3 is 5.97 Å². The van der Waals surface area contributed by atoms with Crippen LogP contribution in [0.4, 0.5) is 0 Å². The molecule has 0 unspecified atom stereocenters. The van der Waals surface area contributed by atoms with E-state index in [0.29, 0.717) is 5.56 Å². The zero-order valence-electron chi connectivity index (χ0n) is 9.47. The lowest BCUT2D eigenvalue weighted by Gasteiger charge is -2.04. The van der Waals surface area contributed by atoms with Crippen molar-refractivity contribution in [1.29, 1.82) is 0 Å². The molecule has 0 spiro atoms. The molecule has 3 heteroatoms. The lowest BCUT2D eigenvalue weighted by atomic mass is 10.00. The lowest BCUT2D eigenvalue weighted by molar-refractivity contribution is -0.139. The Morgan fingerprint density at radius 2 is 1.76 bits per heavy atom. The number of carbonyl (C=O) groups excluding carboxylic acids is 2. The minimum atomic E-state index is -0.511. The van der Waals surface area contributed by atoms with Crippen LogP contribution in [0.15, 0.2) is 42.5 Å². The number of ether oxygens (including phenoxy) is 1. The zero-order valence-corrected chi connectivity index (χ0v) is 9.47. The normalized spacial score (nSPS) is 10.2. The molecule has 86 valence electrons. The van der Waals surface area contributed by atoms with Crippen LogP contribution in [0.2, 0.25) is 0 Å². The predicted molar refractivity (Wildman–Crippen MR) is 64.9 cm³/mol. The molecular formula is C14H12O3. The first-order chi connectivity index (χ1) is 8.22. The molecule has 0 aliphatic heterocycles. The van der Waals surface area contributed by atoms with Crippen LogP contribution < -0.4 is 0 Å². The van der Waals surface area contributed by atoms with Gasteiger partial charge in [-0.25, -0.2) is 0 Å². The molecule has 0 bridgehead atoms. The number of carbonyl (C=O) groups is 2. The van der Waals surface area contributed by atoms with E-state index in [1.807, 2.05) is 36.4 Å². The average Bonchev–Trinajstić information content (AvgIpc) is 2.37. The van der Waals surface area contributed by atoms with Gasteiger partial charge in [0.1, 0.15) is 6.42 Å². The van der Waals surface area contributed by atoms with Crippen molar-refractivity contribution in [2.24, 2.45) is 0 Å². The van der Waals surface area contributed by atoms with Crippen LogP contribution in [0.5, 0.6) is 0 Å². The molecular weight excluding hydrogens is 216 g/mol. The summed E-state index contributed by atoms with van der Waals surface area (Å²) in [5, 5.41) is 1.85. The third kappa shape index (κ3) is 2.33. The summed E-state index contributed by atoms with van der Waals surface area (Å²) in [6, 6.07) is 13.1. The van der Waals surface area contributed by atoms with E-state index in [1.165, 1.54) is 7.11 Å². The number of hydrogen-bond acceptors (Lipinski definition) is 3. The van der Waals surface area contributed by atoms with Crippen LogP contribution in [0.3, 0.4) is 0 Å². The molecule has 0 N–H and O–H groups in total. The second kappa shape index (κ2) is 4.78. The number of esters is 1. The summed E-state index contributed by atoms with van der Waals surface area (Å²) in [4.78, 5) is 23.0. The minimum Gasteiger partial charge on any atom is -0.469 e. The summed E-state index contributed by atoms with van der Waals surface area (Å²) in [5.74, 6) is -0.725. The Balaban J connectivity index is 2.41. The molecule has 0 fully saturated rings. The first-order valence-electron chi connectivity index (χ1n) is 5.30. The van der Waals surface area contributed by atoms with Gasteiger partial charge in [-0.15, -0.1) is 0 Å². The number of fused-ring (bicyclic) bond motifs is 1. The standard InChI is InChI=1S/C14H12O3/c1-17-14(16)9-13(15)12-8-4-6-10-5-2-3-7-11(10)12/h2-8H,9H2,1H3. The van der Waals surface area contributed by atoms with Crippen LogP contribution in [-0.2, 0) is 9.53 Å². The molecule has 0 saturated heterocycles. The maximum atomic E-state index is 11.9. The number of rotatable bonds is 3. The van der Waals surface area contributed by atoms with Crippen LogP contribution in [-0.4, -0.2) is 18.9 Å². The van der Waals surface area contributed by atoms with Gasteiger partial charge in [0.2, 0.25) is 0 Å². The smallest absolute Gasteiger partial charge is 0.313 e. The highest BCUT2D eigenvalue weighted by Crippen LogP contribution is 2.19. The van der Waals surface area contributed by atoms with Crippen molar-refractivity contribution < 1.29 is 14.3 Å². The molecule has 0 aromatic heterocycles. The summed E-state index contributed by atoms with van der Waals surface area (Å²) in [6.07, 6.45) is -0.218. The van der Waals surface area contributed by atoms with Gasteiger partial charge in [0.05, 0.1) is 7.11 Å². The molecule has 0 amide bonds. The van der Waals surface area contributed by atoms with Crippen molar-refractivity contribution in [3.63, 3.8) is 0 Å². The number of methoxy groups -OCH3 is 1. The van der Waals surface area contributed by atoms with Crippen LogP contribution in [0.25, 0.3) is 10.8 Å². The molecule has 2 aromatic rings. The third-order valence-corrected chi connectivity index (χ3v) is 2.62. The fourth-order valence-electron chi connectivity index (χ4n) is 1.77. The predicted octanol–water partition coefficient (Wildman–Crippen LogP) is 2.59. The molecule has 0 aliphatic carbocycles. The van der Waals surface area contributed by atoms with Crippen molar-refractivity contribution in [3.8, 4) is 0 Å². The van der Waals surface area contributed by atoms with Gasteiger partial charge in [-0.05, 0) is 10.8 Å². The summed E-state index contributed by atoms with van der Waals surface area (Å²) >= 11 is 0. The topological polar surface area (TPSA) is 43.4 Å². The van der Waals surface area contributed by atoms with E-state index < -0.39 is 5.97 Å². The molecule has 0 aliphatic rings. The van der Waals surface area contributed by atoms with E-state index in [1.54, 1.807) is 6.07 Å². The van der Waals surface area contributed by atoms with Gasteiger partial charge in [0.25, 0.3) is 0 Å². The van der Waals surface area contributed by atoms with Gasteiger partial charge in [-0.3, -0.25) is 9.59 Å². The first kappa shape index (κ1) is 11.3. The van der Waals surface area contributed by atoms with Crippen molar-refractivity contribution in [2.45, 2.75) is 6.42 Å². The van der Waals surface area contributed by atoms with Gasteiger partial charge in [-0.2, -0.15) is 0 Å². The van der Waals surface area contributed by atoms with Crippen molar-refractivity contribution >= 4 is 22.5 Å². The molecule has 2 rings (SSSR count). The van der Waals surface area contributed by atoms with E-state index in [9.17, 15) is 9.59 Å². The fourth-order valence-corrected chi connectivity index (χ4v) is 1.77. The Morgan fingerprint density at radius 1 is 1.06 bits per heavy atom. The highest BCUT2D eigenvalue weighted by atomic mass is 16.5. The molecule has 0 saturated carbocycles. The Kier molecular flexibility index (Phi) is 3.19. The van der Waals surface area contributed by atoms with Crippen molar-refractivity contribution in [2.75, 3.05) is 7.11 Å². The fraction of sp³-hybridized carbons (Fsp3) is 0.143. The SMILES string of the molecule is COC(=O)CC(=O)c1cccc2ccccc12. The van der Waals surface area contributed by atoms with Gasteiger partial charge in [0, 0.05) is 5.56 Å². The van der Waals surface area contributed by atoms with E-state index in [-0.39, 0.29) is 12.2 Å². The molecule has 0 atom stereocenters. The average molecular weight is 228 g/mol. The largest absolute Gasteiger partial charge is 0.469 e. The summed E-state index contributed by atoms with van der Waals surface area (Å²) < 4.78 is 4.49.